The van der Waals surface area contributed by atoms with Gasteiger partial charge in [-0.05, 0) is 34.9 Å². The Balaban J connectivity index is 1.52. The summed E-state index contributed by atoms with van der Waals surface area (Å²) in [5, 5.41) is 7.25. The minimum absolute atomic E-state index is 0.173. The number of nitrogens with zero attached hydrogens (tertiary/aromatic N) is 2. The van der Waals surface area contributed by atoms with Crippen molar-refractivity contribution in [3.05, 3.63) is 95.8 Å². The van der Waals surface area contributed by atoms with Crippen LogP contribution in [0.4, 0.5) is 0 Å². The summed E-state index contributed by atoms with van der Waals surface area (Å²) < 4.78 is 18.1. The number of ether oxygens (including phenoxy) is 3. The van der Waals surface area contributed by atoms with Gasteiger partial charge in [-0.3, -0.25) is 9.48 Å². The molecular formula is C27H27N3O4. The molecule has 0 saturated heterocycles. The maximum absolute atomic E-state index is 13.1. The largest absolute Gasteiger partial charge is 0.496 e. The lowest BCUT2D eigenvalue weighted by Gasteiger charge is -2.15. The normalized spacial score (nSPS) is 10.6. The van der Waals surface area contributed by atoms with Gasteiger partial charge in [0.15, 0.2) is 11.5 Å². The van der Waals surface area contributed by atoms with Crippen LogP contribution in [0.1, 0.15) is 21.5 Å². The number of aromatic nitrogens is 2. The number of carbonyl (C=O) groups excluding carboxylic acids is 1. The van der Waals surface area contributed by atoms with Gasteiger partial charge in [-0.25, -0.2) is 0 Å². The number of methoxy groups -OCH3 is 3. The lowest BCUT2D eigenvalue weighted by atomic mass is 9.98. The average Bonchev–Trinajstić information content (AvgIpc) is 3.40. The summed E-state index contributed by atoms with van der Waals surface area (Å²) in [5.74, 6) is 1.57. The topological polar surface area (TPSA) is 74.6 Å². The van der Waals surface area contributed by atoms with Crippen molar-refractivity contribution < 1.29 is 19.0 Å². The minimum atomic E-state index is -0.173. The number of benzene rings is 3. The smallest absolute Gasteiger partial charge is 0.252 e. The highest BCUT2D eigenvalue weighted by Gasteiger charge is 2.16. The number of nitrogens with one attached hydrogen (secondary N) is 1. The standard InChI is InChI=1S/C27H27N3O4/c1-32-24-16-26(34-3)25(33-2)15-21(24)17-28-27(31)23-8-5-4-7-22(23)20-11-9-19(10-12-20)18-30-14-6-13-29-30/h4-16H,17-18H2,1-3H3,(H,28,31). The summed E-state index contributed by atoms with van der Waals surface area (Å²) in [4.78, 5) is 13.1. The summed E-state index contributed by atoms with van der Waals surface area (Å²) in [5.41, 5.74) is 4.36. The Bertz CT molecular complexity index is 1250. The van der Waals surface area contributed by atoms with Crippen LogP contribution in [-0.2, 0) is 13.1 Å². The third-order valence-electron chi connectivity index (χ3n) is 5.57. The molecule has 4 aromatic rings. The van der Waals surface area contributed by atoms with Crippen LogP contribution in [0.2, 0.25) is 0 Å². The zero-order valence-electron chi connectivity index (χ0n) is 19.4. The lowest BCUT2D eigenvalue weighted by Crippen LogP contribution is -2.23. The maximum Gasteiger partial charge on any atom is 0.252 e. The number of carbonyl (C=O) groups is 1. The zero-order valence-corrected chi connectivity index (χ0v) is 19.4. The highest BCUT2D eigenvalue weighted by Crippen LogP contribution is 2.34. The molecule has 0 bridgehead atoms. The van der Waals surface area contributed by atoms with Crippen molar-refractivity contribution in [1.82, 2.24) is 15.1 Å². The van der Waals surface area contributed by atoms with E-state index in [0.29, 0.717) is 29.4 Å². The molecule has 0 spiro atoms. The van der Waals surface area contributed by atoms with Crippen LogP contribution in [0.25, 0.3) is 11.1 Å². The van der Waals surface area contributed by atoms with Crippen molar-refractivity contribution in [2.24, 2.45) is 0 Å². The van der Waals surface area contributed by atoms with Gasteiger partial charge in [-0.2, -0.15) is 5.10 Å². The van der Waals surface area contributed by atoms with E-state index in [2.05, 4.69) is 22.5 Å². The quantitative estimate of drug-likeness (QED) is 0.399. The van der Waals surface area contributed by atoms with Gasteiger partial charge in [-0.1, -0.05) is 42.5 Å². The van der Waals surface area contributed by atoms with Crippen molar-refractivity contribution in [3.8, 4) is 28.4 Å². The summed E-state index contributed by atoms with van der Waals surface area (Å²) in [6.45, 7) is 0.974. The van der Waals surface area contributed by atoms with Crippen molar-refractivity contribution in [3.63, 3.8) is 0 Å². The van der Waals surface area contributed by atoms with Crippen LogP contribution >= 0.6 is 0 Å². The lowest BCUT2D eigenvalue weighted by molar-refractivity contribution is 0.0951. The van der Waals surface area contributed by atoms with Gasteiger partial charge in [0.05, 0.1) is 27.9 Å². The molecule has 0 radical (unpaired) electrons. The molecule has 0 aliphatic heterocycles. The fraction of sp³-hybridized carbons (Fsp3) is 0.185. The molecule has 1 N–H and O–H groups in total. The van der Waals surface area contributed by atoms with Gasteiger partial charge < -0.3 is 19.5 Å². The van der Waals surface area contributed by atoms with E-state index in [4.69, 9.17) is 14.2 Å². The number of hydrogen-bond donors (Lipinski definition) is 1. The Morgan fingerprint density at radius 2 is 1.59 bits per heavy atom. The van der Waals surface area contributed by atoms with E-state index >= 15 is 0 Å². The fourth-order valence-corrected chi connectivity index (χ4v) is 3.80. The van der Waals surface area contributed by atoms with E-state index in [1.54, 1.807) is 33.6 Å². The minimum Gasteiger partial charge on any atom is -0.496 e. The van der Waals surface area contributed by atoms with E-state index in [1.807, 2.05) is 59.4 Å². The van der Waals surface area contributed by atoms with E-state index in [0.717, 1.165) is 22.3 Å². The summed E-state index contributed by atoms with van der Waals surface area (Å²) in [7, 11) is 4.72. The highest BCUT2D eigenvalue weighted by molar-refractivity contribution is 6.00. The molecule has 174 valence electrons. The molecule has 0 aliphatic rings. The van der Waals surface area contributed by atoms with E-state index in [1.165, 1.54) is 0 Å². The second-order valence-corrected chi connectivity index (χ2v) is 7.65. The van der Waals surface area contributed by atoms with E-state index in [9.17, 15) is 4.79 Å². The van der Waals surface area contributed by atoms with Crippen molar-refractivity contribution in [2.75, 3.05) is 21.3 Å². The molecule has 7 nitrogen and oxygen atoms in total. The van der Waals surface area contributed by atoms with Gasteiger partial charge in [0, 0.05) is 36.1 Å². The molecule has 0 fully saturated rings. The van der Waals surface area contributed by atoms with Gasteiger partial charge in [0.2, 0.25) is 0 Å². The Morgan fingerprint density at radius 1 is 0.882 bits per heavy atom. The molecule has 34 heavy (non-hydrogen) atoms. The predicted molar refractivity (Wildman–Crippen MR) is 130 cm³/mol. The van der Waals surface area contributed by atoms with Crippen LogP contribution in [0.5, 0.6) is 17.2 Å². The first-order valence-corrected chi connectivity index (χ1v) is 10.9. The Labute approximate surface area is 198 Å². The average molecular weight is 458 g/mol. The van der Waals surface area contributed by atoms with Crippen LogP contribution < -0.4 is 19.5 Å². The Hall–Kier alpha value is -4.26. The molecule has 1 aromatic heterocycles. The monoisotopic (exact) mass is 457 g/mol. The Morgan fingerprint density at radius 3 is 2.26 bits per heavy atom. The molecule has 1 amide bonds. The van der Waals surface area contributed by atoms with E-state index < -0.39 is 0 Å². The number of hydrogen-bond acceptors (Lipinski definition) is 5. The SMILES string of the molecule is COc1cc(OC)c(OC)cc1CNC(=O)c1ccccc1-c1ccc(Cn2cccn2)cc1. The second-order valence-electron chi connectivity index (χ2n) is 7.65. The second kappa shape index (κ2) is 10.6. The van der Waals surface area contributed by atoms with Crippen LogP contribution in [0.3, 0.4) is 0 Å². The highest BCUT2D eigenvalue weighted by atomic mass is 16.5. The zero-order chi connectivity index (χ0) is 23.9. The maximum atomic E-state index is 13.1. The van der Waals surface area contributed by atoms with Crippen LogP contribution in [-0.4, -0.2) is 37.0 Å². The van der Waals surface area contributed by atoms with Gasteiger partial charge in [0.25, 0.3) is 5.91 Å². The summed E-state index contributed by atoms with van der Waals surface area (Å²) >= 11 is 0. The molecule has 4 rings (SSSR count). The molecular weight excluding hydrogens is 430 g/mol. The first-order chi connectivity index (χ1) is 16.6. The third kappa shape index (κ3) is 5.04. The molecule has 0 saturated carbocycles. The third-order valence-corrected chi connectivity index (χ3v) is 5.57. The molecule has 7 heteroatoms. The molecule has 0 aliphatic carbocycles. The summed E-state index contributed by atoms with van der Waals surface area (Å²) in [6, 6.07) is 21.2. The fourth-order valence-electron chi connectivity index (χ4n) is 3.80. The van der Waals surface area contributed by atoms with Gasteiger partial charge in [-0.15, -0.1) is 0 Å². The number of rotatable bonds is 9. The number of amides is 1. The van der Waals surface area contributed by atoms with Crippen molar-refractivity contribution in [2.45, 2.75) is 13.1 Å². The first-order valence-electron chi connectivity index (χ1n) is 10.9. The van der Waals surface area contributed by atoms with Gasteiger partial charge >= 0.3 is 0 Å². The first kappa shape index (κ1) is 22.9. The van der Waals surface area contributed by atoms with Crippen LogP contribution in [0.15, 0.2) is 79.1 Å². The summed E-state index contributed by atoms with van der Waals surface area (Å²) in [6.07, 6.45) is 3.70. The van der Waals surface area contributed by atoms with Crippen LogP contribution in [0, 0.1) is 0 Å². The van der Waals surface area contributed by atoms with Crippen molar-refractivity contribution in [1.29, 1.82) is 0 Å². The van der Waals surface area contributed by atoms with Gasteiger partial charge in [0.1, 0.15) is 5.75 Å². The molecule has 0 unspecified atom stereocenters. The van der Waals surface area contributed by atoms with E-state index in [-0.39, 0.29) is 12.5 Å². The van der Waals surface area contributed by atoms with Crippen molar-refractivity contribution >= 4 is 5.91 Å². The Kier molecular flexibility index (Phi) is 7.13. The predicted octanol–water partition coefficient (Wildman–Crippen LogP) is 4.55. The molecule has 1 heterocycles. The molecule has 3 aromatic carbocycles. The molecule has 0 atom stereocenters.